The fourth-order valence-corrected chi connectivity index (χ4v) is 2.98. The normalized spacial score (nSPS) is 15.8. The number of nitrogens with zero attached hydrogens (tertiary/aromatic N) is 2. The van der Waals surface area contributed by atoms with Crippen LogP contribution in [0.4, 0.5) is 5.69 Å². The van der Waals surface area contributed by atoms with Gasteiger partial charge in [0.25, 0.3) is 5.91 Å². The second kappa shape index (κ2) is 6.06. The second-order valence-electron chi connectivity index (χ2n) is 6.08. The predicted molar refractivity (Wildman–Crippen MR) is 79.0 cm³/mol. The van der Waals surface area contributed by atoms with Gasteiger partial charge in [-0.3, -0.25) is 4.79 Å². The molecule has 0 unspecified atom stereocenters. The molecule has 2 rings (SSSR count). The number of carbonyl (C=O) groups is 1. The van der Waals surface area contributed by atoms with Gasteiger partial charge in [-0.15, -0.1) is 0 Å². The number of hydrogen-bond acceptors (Lipinski definition) is 2. The Morgan fingerprint density at radius 2 is 2.00 bits per heavy atom. The molecule has 1 aliphatic carbocycles. The van der Waals surface area contributed by atoms with E-state index in [9.17, 15) is 4.79 Å². The van der Waals surface area contributed by atoms with Gasteiger partial charge in [0.1, 0.15) is 6.07 Å². The summed E-state index contributed by atoms with van der Waals surface area (Å²) in [5.74, 6) is -0.0235. The Kier molecular flexibility index (Phi) is 4.41. The summed E-state index contributed by atoms with van der Waals surface area (Å²) in [6.45, 7) is 0.449. The van der Waals surface area contributed by atoms with Crippen molar-refractivity contribution in [2.45, 2.75) is 31.7 Å². The first-order chi connectivity index (χ1) is 9.53. The van der Waals surface area contributed by atoms with Gasteiger partial charge in [-0.1, -0.05) is 12.1 Å². The van der Waals surface area contributed by atoms with Crippen LogP contribution in [0.5, 0.6) is 0 Å². The second-order valence-corrected chi connectivity index (χ2v) is 6.08. The van der Waals surface area contributed by atoms with Crippen molar-refractivity contribution in [1.82, 2.24) is 0 Å². The van der Waals surface area contributed by atoms with Crippen LogP contribution >= 0.6 is 0 Å². The Hall–Kier alpha value is -1.86. The molecule has 0 saturated heterocycles. The van der Waals surface area contributed by atoms with Crippen molar-refractivity contribution in [2.75, 3.05) is 26.0 Å². The van der Waals surface area contributed by atoms with Gasteiger partial charge in [-0.2, -0.15) is 5.26 Å². The number of amides is 1. The highest BCUT2D eigenvalue weighted by molar-refractivity contribution is 5.92. The molecule has 0 aliphatic heterocycles. The third kappa shape index (κ3) is 3.37. The molecule has 106 valence electrons. The molecule has 4 heteroatoms. The van der Waals surface area contributed by atoms with Crippen molar-refractivity contribution in [3.63, 3.8) is 0 Å². The van der Waals surface area contributed by atoms with Gasteiger partial charge in [0.05, 0.1) is 31.4 Å². The van der Waals surface area contributed by atoms with Gasteiger partial charge in [0.15, 0.2) is 6.54 Å². The zero-order valence-corrected chi connectivity index (χ0v) is 12.2. The third-order valence-corrected chi connectivity index (χ3v) is 4.19. The zero-order valence-electron chi connectivity index (χ0n) is 12.2. The third-order valence-electron chi connectivity index (χ3n) is 4.19. The van der Waals surface area contributed by atoms with E-state index in [4.69, 9.17) is 5.26 Å². The van der Waals surface area contributed by atoms with Crippen molar-refractivity contribution in [3.8, 4) is 6.07 Å². The molecule has 1 aliphatic rings. The largest absolute Gasteiger partial charge is 0.320 e. The lowest BCUT2D eigenvalue weighted by molar-refractivity contribution is -0.906. The molecular weight excluding hydrogens is 250 g/mol. The first kappa shape index (κ1) is 14.5. The summed E-state index contributed by atoms with van der Waals surface area (Å²) in [4.78, 5) is 12.2. The number of anilines is 1. The highest BCUT2D eigenvalue weighted by Crippen LogP contribution is 2.26. The molecular formula is C16H22N3O+. The van der Waals surface area contributed by atoms with E-state index in [1.54, 1.807) is 18.2 Å². The first-order valence-corrected chi connectivity index (χ1v) is 7.14. The van der Waals surface area contributed by atoms with Crippen molar-refractivity contribution in [2.24, 2.45) is 0 Å². The van der Waals surface area contributed by atoms with E-state index in [1.165, 1.54) is 25.7 Å². The van der Waals surface area contributed by atoms with Gasteiger partial charge in [-0.05, 0) is 37.8 Å². The minimum absolute atomic E-state index is 0.0235. The van der Waals surface area contributed by atoms with E-state index in [0.29, 0.717) is 23.8 Å². The highest BCUT2D eigenvalue weighted by Gasteiger charge is 2.33. The Labute approximate surface area is 120 Å². The number of rotatable bonds is 4. The number of likely N-dealkylation sites (N-methyl/N-ethyl adjacent to an activating group) is 1. The van der Waals surface area contributed by atoms with E-state index in [1.807, 2.05) is 6.07 Å². The number of quaternary nitrogens is 1. The summed E-state index contributed by atoms with van der Waals surface area (Å²) in [6.07, 6.45) is 4.95. The molecule has 1 aromatic rings. The lowest BCUT2D eigenvalue weighted by Crippen LogP contribution is -2.51. The van der Waals surface area contributed by atoms with E-state index < -0.39 is 0 Å². The molecule has 1 amide bonds. The van der Waals surface area contributed by atoms with Crippen molar-refractivity contribution in [1.29, 1.82) is 5.26 Å². The SMILES string of the molecule is C[N+](C)(CC(=O)Nc1ccccc1C#N)C1CCCC1. The molecule has 1 aromatic carbocycles. The molecule has 20 heavy (non-hydrogen) atoms. The maximum atomic E-state index is 12.2. The van der Waals surface area contributed by atoms with Gasteiger partial charge >= 0.3 is 0 Å². The van der Waals surface area contributed by atoms with E-state index in [2.05, 4.69) is 25.5 Å². The fraction of sp³-hybridized carbons (Fsp3) is 0.500. The lowest BCUT2D eigenvalue weighted by atomic mass is 10.1. The Bertz CT molecular complexity index is 525. The molecule has 0 bridgehead atoms. The summed E-state index contributed by atoms with van der Waals surface area (Å²) in [7, 11) is 4.23. The summed E-state index contributed by atoms with van der Waals surface area (Å²) in [5.41, 5.74) is 1.11. The van der Waals surface area contributed by atoms with Gasteiger partial charge in [0, 0.05) is 0 Å². The molecule has 0 atom stereocenters. The molecule has 1 N–H and O–H groups in total. The lowest BCUT2D eigenvalue weighted by Gasteiger charge is -2.35. The average Bonchev–Trinajstić information content (AvgIpc) is 2.93. The monoisotopic (exact) mass is 272 g/mol. The van der Waals surface area contributed by atoms with Gasteiger partial charge < -0.3 is 9.80 Å². The number of carbonyl (C=O) groups excluding carboxylic acids is 1. The average molecular weight is 272 g/mol. The van der Waals surface area contributed by atoms with Crippen LogP contribution < -0.4 is 5.32 Å². The number of para-hydroxylation sites is 1. The van der Waals surface area contributed by atoms with Gasteiger partial charge in [-0.25, -0.2) is 0 Å². The van der Waals surface area contributed by atoms with Crippen LogP contribution in [-0.2, 0) is 4.79 Å². The minimum Gasteiger partial charge on any atom is -0.320 e. The predicted octanol–water partition coefficient (Wildman–Crippen LogP) is 2.52. The molecule has 0 spiro atoms. The zero-order chi connectivity index (χ0) is 14.6. The Balaban J connectivity index is 2.00. The van der Waals surface area contributed by atoms with Crippen LogP contribution in [0.3, 0.4) is 0 Å². The minimum atomic E-state index is -0.0235. The van der Waals surface area contributed by atoms with Crippen LogP contribution in [0.25, 0.3) is 0 Å². The molecule has 0 heterocycles. The molecule has 0 radical (unpaired) electrons. The number of nitrogens with one attached hydrogen (secondary N) is 1. The summed E-state index contributed by atoms with van der Waals surface area (Å²) >= 11 is 0. The summed E-state index contributed by atoms with van der Waals surface area (Å²) in [6, 6.07) is 9.78. The molecule has 4 nitrogen and oxygen atoms in total. The van der Waals surface area contributed by atoms with Crippen LogP contribution in [0, 0.1) is 11.3 Å². The van der Waals surface area contributed by atoms with Crippen LogP contribution in [0.2, 0.25) is 0 Å². The Morgan fingerprint density at radius 3 is 2.65 bits per heavy atom. The van der Waals surface area contributed by atoms with E-state index >= 15 is 0 Å². The topological polar surface area (TPSA) is 52.9 Å². The number of nitriles is 1. The van der Waals surface area contributed by atoms with E-state index in [-0.39, 0.29) is 5.91 Å². The number of benzene rings is 1. The summed E-state index contributed by atoms with van der Waals surface area (Å²) in [5, 5.41) is 11.9. The quantitative estimate of drug-likeness (QED) is 0.856. The van der Waals surface area contributed by atoms with Crippen molar-refractivity contribution >= 4 is 11.6 Å². The standard InChI is InChI=1S/C16H21N3O/c1-19(2,14-8-4-5-9-14)12-16(20)18-15-10-6-3-7-13(15)11-17/h3,6-7,10,14H,4-5,8-9,12H2,1-2H3/p+1. The van der Waals surface area contributed by atoms with Crippen LogP contribution in [0.1, 0.15) is 31.2 Å². The summed E-state index contributed by atoms with van der Waals surface area (Å²) < 4.78 is 0.723. The molecule has 0 aromatic heterocycles. The van der Waals surface area contributed by atoms with Crippen LogP contribution in [0.15, 0.2) is 24.3 Å². The Morgan fingerprint density at radius 1 is 1.35 bits per heavy atom. The first-order valence-electron chi connectivity index (χ1n) is 7.14. The van der Waals surface area contributed by atoms with Crippen LogP contribution in [-0.4, -0.2) is 37.1 Å². The van der Waals surface area contributed by atoms with Gasteiger partial charge in [0.2, 0.25) is 0 Å². The fourth-order valence-electron chi connectivity index (χ4n) is 2.98. The molecule has 1 saturated carbocycles. The van der Waals surface area contributed by atoms with E-state index in [0.717, 1.165) is 4.48 Å². The number of hydrogen-bond donors (Lipinski definition) is 1. The van der Waals surface area contributed by atoms with Crippen molar-refractivity contribution < 1.29 is 9.28 Å². The maximum Gasteiger partial charge on any atom is 0.279 e. The molecule has 1 fully saturated rings. The smallest absolute Gasteiger partial charge is 0.279 e. The highest BCUT2D eigenvalue weighted by atomic mass is 16.2. The van der Waals surface area contributed by atoms with Crippen molar-refractivity contribution in [3.05, 3.63) is 29.8 Å². The maximum absolute atomic E-state index is 12.2.